The lowest BCUT2D eigenvalue weighted by Gasteiger charge is -2.39. The van der Waals surface area contributed by atoms with Gasteiger partial charge in [0.1, 0.15) is 0 Å². The molecule has 0 bridgehead atoms. The van der Waals surface area contributed by atoms with Gasteiger partial charge in [0.15, 0.2) is 0 Å². The molecule has 0 aromatic heterocycles. The molecule has 0 aliphatic carbocycles. The Morgan fingerprint density at radius 1 is 1.29 bits per heavy atom. The molecule has 90 valence electrons. The molecule has 2 aliphatic rings. The van der Waals surface area contributed by atoms with Crippen LogP contribution in [0.15, 0.2) is 24.3 Å². The second kappa shape index (κ2) is 4.37. The van der Waals surface area contributed by atoms with Crippen LogP contribution in [0.2, 0.25) is 0 Å². The van der Waals surface area contributed by atoms with Crippen LogP contribution in [0.1, 0.15) is 12.8 Å². The molecular formula is C13H17N3O. The second-order valence-electron chi connectivity index (χ2n) is 4.69. The SMILES string of the molecule is O=C1CN(C2CCCNC2)c2ccccc2N1. The van der Waals surface area contributed by atoms with E-state index in [-0.39, 0.29) is 5.91 Å². The van der Waals surface area contributed by atoms with Crippen molar-refractivity contribution in [1.29, 1.82) is 0 Å². The summed E-state index contributed by atoms with van der Waals surface area (Å²) in [5.41, 5.74) is 2.09. The fourth-order valence-electron chi connectivity index (χ4n) is 2.68. The number of nitrogens with one attached hydrogen (secondary N) is 2. The molecule has 1 amide bonds. The molecule has 1 saturated heterocycles. The fourth-order valence-corrected chi connectivity index (χ4v) is 2.68. The monoisotopic (exact) mass is 231 g/mol. The van der Waals surface area contributed by atoms with Gasteiger partial charge in [0.25, 0.3) is 0 Å². The number of fused-ring (bicyclic) bond motifs is 1. The Hall–Kier alpha value is -1.55. The lowest BCUT2D eigenvalue weighted by molar-refractivity contribution is -0.115. The molecule has 2 heterocycles. The van der Waals surface area contributed by atoms with Crippen LogP contribution < -0.4 is 15.5 Å². The van der Waals surface area contributed by atoms with Crippen molar-refractivity contribution in [2.75, 3.05) is 29.9 Å². The summed E-state index contributed by atoms with van der Waals surface area (Å²) in [6.45, 7) is 2.54. The summed E-state index contributed by atoms with van der Waals surface area (Å²) in [7, 11) is 0. The topological polar surface area (TPSA) is 44.4 Å². The first-order chi connectivity index (χ1) is 8.34. The molecular weight excluding hydrogens is 214 g/mol. The van der Waals surface area contributed by atoms with Crippen LogP contribution in [0, 0.1) is 0 Å². The van der Waals surface area contributed by atoms with Gasteiger partial charge in [-0.05, 0) is 31.5 Å². The lowest BCUT2D eigenvalue weighted by atomic mass is 10.0. The van der Waals surface area contributed by atoms with Gasteiger partial charge in [-0.15, -0.1) is 0 Å². The van der Waals surface area contributed by atoms with Gasteiger partial charge in [-0.1, -0.05) is 12.1 Å². The van der Waals surface area contributed by atoms with Gasteiger partial charge in [0.05, 0.1) is 17.9 Å². The summed E-state index contributed by atoms with van der Waals surface area (Å²) in [5.74, 6) is 0.0919. The molecule has 4 heteroatoms. The highest BCUT2D eigenvalue weighted by atomic mass is 16.2. The minimum Gasteiger partial charge on any atom is -0.356 e. The van der Waals surface area contributed by atoms with Crippen molar-refractivity contribution in [2.24, 2.45) is 0 Å². The number of benzene rings is 1. The van der Waals surface area contributed by atoms with Crippen LogP contribution >= 0.6 is 0 Å². The number of para-hydroxylation sites is 2. The van der Waals surface area contributed by atoms with Crippen molar-refractivity contribution in [3.63, 3.8) is 0 Å². The average Bonchev–Trinajstić information content (AvgIpc) is 2.39. The Morgan fingerprint density at radius 3 is 3.00 bits per heavy atom. The van der Waals surface area contributed by atoms with E-state index in [4.69, 9.17) is 0 Å². The van der Waals surface area contributed by atoms with Crippen molar-refractivity contribution in [2.45, 2.75) is 18.9 Å². The molecule has 2 N–H and O–H groups in total. The molecule has 4 nitrogen and oxygen atoms in total. The van der Waals surface area contributed by atoms with E-state index in [0.717, 1.165) is 30.9 Å². The zero-order valence-electron chi connectivity index (χ0n) is 9.78. The van der Waals surface area contributed by atoms with Crippen molar-refractivity contribution in [3.8, 4) is 0 Å². The summed E-state index contributed by atoms with van der Waals surface area (Å²) in [5, 5.41) is 6.33. The van der Waals surface area contributed by atoms with E-state index in [0.29, 0.717) is 12.6 Å². The van der Waals surface area contributed by atoms with Crippen LogP contribution in [-0.4, -0.2) is 31.6 Å². The first-order valence-electron chi connectivity index (χ1n) is 6.21. The number of hydrogen-bond donors (Lipinski definition) is 2. The van der Waals surface area contributed by atoms with Gasteiger partial charge >= 0.3 is 0 Å². The van der Waals surface area contributed by atoms with Crippen molar-refractivity contribution in [3.05, 3.63) is 24.3 Å². The van der Waals surface area contributed by atoms with Crippen molar-refractivity contribution >= 4 is 17.3 Å². The lowest BCUT2D eigenvalue weighted by Crippen LogP contribution is -2.50. The molecule has 3 rings (SSSR count). The fraction of sp³-hybridized carbons (Fsp3) is 0.462. The minimum atomic E-state index is 0.0919. The Bertz CT molecular complexity index is 426. The summed E-state index contributed by atoms with van der Waals surface area (Å²) >= 11 is 0. The molecule has 0 radical (unpaired) electrons. The number of piperidine rings is 1. The first kappa shape index (κ1) is 10.6. The largest absolute Gasteiger partial charge is 0.356 e. The van der Waals surface area contributed by atoms with Gasteiger partial charge in [-0.2, -0.15) is 0 Å². The van der Waals surface area contributed by atoms with E-state index >= 15 is 0 Å². The average molecular weight is 231 g/mol. The number of carbonyl (C=O) groups is 1. The normalized spacial score (nSPS) is 24.1. The third-order valence-electron chi connectivity index (χ3n) is 3.51. The van der Waals surface area contributed by atoms with Crippen molar-refractivity contribution < 1.29 is 4.79 Å². The number of carbonyl (C=O) groups excluding carboxylic acids is 1. The molecule has 0 spiro atoms. The summed E-state index contributed by atoms with van der Waals surface area (Å²) in [6, 6.07) is 8.48. The minimum absolute atomic E-state index is 0.0919. The molecule has 1 unspecified atom stereocenters. The van der Waals surface area contributed by atoms with E-state index in [2.05, 4.69) is 21.6 Å². The second-order valence-corrected chi connectivity index (χ2v) is 4.69. The zero-order chi connectivity index (χ0) is 11.7. The van der Waals surface area contributed by atoms with Gasteiger partial charge < -0.3 is 15.5 Å². The molecule has 17 heavy (non-hydrogen) atoms. The summed E-state index contributed by atoms with van der Waals surface area (Å²) in [4.78, 5) is 13.9. The molecule has 1 aromatic rings. The zero-order valence-corrected chi connectivity index (χ0v) is 9.78. The van der Waals surface area contributed by atoms with E-state index in [1.807, 2.05) is 18.2 Å². The quantitative estimate of drug-likeness (QED) is 0.763. The molecule has 1 fully saturated rings. The molecule has 2 aliphatic heterocycles. The number of nitrogens with zero attached hydrogens (tertiary/aromatic N) is 1. The predicted octanol–water partition coefficient (Wildman–Crippen LogP) is 1.20. The van der Waals surface area contributed by atoms with Gasteiger partial charge in [-0.3, -0.25) is 4.79 Å². The van der Waals surface area contributed by atoms with Gasteiger partial charge in [0, 0.05) is 12.6 Å². The Kier molecular flexibility index (Phi) is 2.73. The first-order valence-corrected chi connectivity index (χ1v) is 6.21. The Balaban J connectivity index is 1.91. The number of anilines is 2. The predicted molar refractivity (Wildman–Crippen MR) is 68.3 cm³/mol. The Labute approximate surface area is 101 Å². The summed E-state index contributed by atoms with van der Waals surface area (Å²) < 4.78 is 0. The van der Waals surface area contributed by atoms with Crippen LogP contribution in [-0.2, 0) is 4.79 Å². The van der Waals surface area contributed by atoms with E-state index in [1.165, 1.54) is 6.42 Å². The maximum Gasteiger partial charge on any atom is 0.243 e. The molecule has 1 aromatic carbocycles. The van der Waals surface area contributed by atoms with Crippen molar-refractivity contribution in [1.82, 2.24) is 5.32 Å². The van der Waals surface area contributed by atoms with Crippen LogP contribution in [0.25, 0.3) is 0 Å². The van der Waals surface area contributed by atoms with Crippen LogP contribution in [0.4, 0.5) is 11.4 Å². The van der Waals surface area contributed by atoms with E-state index < -0.39 is 0 Å². The van der Waals surface area contributed by atoms with Gasteiger partial charge in [-0.25, -0.2) is 0 Å². The van der Waals surface area contributed by atoms with E-state index in [1.54, 1.807) is 0 Å². The highest BCUT2D eigenvalue weighted by Gasteiger charge is 2.28. The number of rotatable bonds is 1. The number of amides is 1. The Morgan fingerprint density at radius 2 is 2.18 bits per heavy atom. The maximum absolute atomic E-state index is 11.7. The smallest absolute Gasteiger partial charge is 0.243 e. The third kappa shape index (κ3) is 2.00. The third-order valence-corrected chi connectivity index (χ3v) is 3.51. The maximum atomic E-state index is 11.7. The van der Waals surface area contributed by atoms with Crippen LogP contribution in [0.3, 0.4) is 0 Å². The standard InChI is InChI=1S/C13H17N3O/c17-13-9-16(10-4-3-7-14-8-10)12-6-2-1-5-11(12)15-13/h1-2,5-6,10,14H,3-4,7-9H2,(H,15,17). The molecule has 1 atom stereocenters. The van der Waals surface area contributed by atoms with Gasteiger partial charge in [0.2, 0.25) is 5.91 Å². The summed E-state index contributed by atoms with van der Waals surface area (Å²) in [6.07, 6.45) is 2.35. The van der Waals surface area contributed by atoms with Crippen LogP contribution in [0.5, 0.6) is 0 Å². The molecule has 0 saturated carbocycles. The highest BCUT2D eigenvalue weighted by molar-refractivity contribution is 6.01. The highest BCUT2D eigenvalue weighted by Crippen LogP contribution is 2.31. The van der Waals surface area contributed by atoms with E-state index in [9.17, 15) is 4.79 Å². The number of hydrogen-bond acceptors (Lipinski definition) is 3.